The Bertz CT molecular complexity index is 809. The second-order valence-corrected chi connectivity index (χ2v) is 6.25. The van der Waals surface area contributed by atoms with Crippen molar-refractivity contribution in [2.45, 2.75) is 11.8 Å². The van der Waals surface area contributed by atoms with Crippen LogP contribution in [0.4, 0.5) is 0 Å². The van der Waals surface area contributed by atoms with Crippen molar-refractivity contribution in [1.29, 1.82) is 0 Å². The highest BCUT2D eigenvalue weighted by Crippen LogP contribution is 2.28. The molecule has 122 valence electrons. The van der Waals surface area contributed by atoms with Crippen LogP contribution in [0.15, 0.2) is 47.4 Å². The average molecular weight is 336 g/mol. The zero-order valence-electron chi connectivity index (χ0n) is 12.9. The lowest BCUT2D eigenvalue weighted by Crippen LogP contribution is -2.13. The smallest absolute Gasteiger partial charge is 0.341 e. The fourth-order valence-corrected chi connectivity index (χ4v) is 2.79. The predicted octanol–water partition coefficient (Wildman–Crippen LogP) is 2.56. The van der Waals surface area contributed by atoms with Gasteiger partial charge in [0.05, 0.1) is 14.2 Å². The van der Waals surface area contributed by atoms with Crippen molar-refractivity contribution in [3.05, 3.63) is 53.6 Å². The number of carbonyl (C=O) groups is 1. The van der Waals surface area contributed by atoms with Crippen LogP contribution in [0.5, 0.6) is 11.5 Å². The third kappa shape index (κ3) is 3.81. The normalized spacial score (nSPS) is 10.9. The lowest BCUT2D eigenvalue weighted by atomic mass is 10.2. The van der Waals surface area contributed by atoms with Crippen LogP contribution in [0.3, 0.4) is 0 Å². The number of hydrogen-bond donors (Lipinski definition) is 0. The summed E-state index contributed by atoms with van der Waals surface area (Å²) in [5.74, 6) is -0.509. The standard InChI is InChI=1S/C16H16O6S/c1-11-4-7-13(8-5-11)23(18,19)22-15-10-12(20-2)6-9-14(15)16(17)21-3/h4-10H,1-3H3. The molecule has 0 heterocycles. The number of esters is 1. The van der Waals surface area contributed by atoms with E-state index in [0.29, 0.717) is 5.75 Å². The van der Waals surface area contributed by atoms with Crippen LogP contribution in [0.1, 0.15) is 15.9 Å². The summed E-state index contributed by atoms with van der Waals surface area (Å²) in [6.07, 6.45) is 0. The quantitative estimate of drug-likeness (QED) is 0.617. The molecule has 0 atom stereocenters. The second kappa shape index (κ2) is 6.70. The highest BCUT2D eigenvalue weighted by Gasteiger charge is 2.22. The summed E-state index contributed by atoms with van der Waals surface area (Å²) in [5.41, 5.74) is 0.907. The summed E-state index contributed by atoms with van der Waals surface area (Å²) in [4.78, 5) is 11.8. The molecule has 2 rings (SSSR count). The van der Waals surface area contributed by atoms with Gasteiger partial charge in [0.1, 0.15) is 16.2 Å². The molecule has 2 aromatic carbocycles. The summed E-state index contributed by atoms with van der Waals surface area (Å²) in [6, 6.07) is 10.4. The fourth-order valence-electron chi connectivity index (χ4n) is 1.85. The molecule has 0 amide bonds. The first-order valence-electron chi connectivity index (χ1n) is 6.65. The monoisotopic (exact) mass is 336 g/mol. The van der Waals surface area contributed by atoms with Crippen LogP contribution in [-0.4, -0.2) is 28.6 Å². The Hall–Kier alpha value is -2.54. The Kier molecular flexibility index (Phi) is 4.90. The van der Waals surface area contributed by atoms with E-state index in [1.165, 1.54) is 44.6 Å². The number of rotatable bonds is 5. The van der Waals surface area contributed by atoms with Gasteiger partial charge >= 0.3 is 16.1 Å². The fraction of sp³-hybridized carbons (Fsp3) is 0.188. The lowest BCUT2D eigenvalue weighted by molar-refractivity contribution is 0.0599. The first kappa shape index (κ1) is 16.8. The minimum Gasteiger partial charge on any atom is -0.497 e. The van der Waals surface area contributed by atoms with Gasteiger partial charge in [0.2, 0.25) is 0 Å². The molecule has 0 radical (unpaired) electrons. The van der Waals surface area contributed by atoms with Crippen LogP contribution in [0, 0.1) is 6.92 Å². The summed E-state index contributed by atoms with van der Waals surface area (Å²) in [7, 11) is -1.46. The van der Waals surface area contributed by atoms with Gasteiger partial charge in [-0.05, 0) is 31.2 Å². The molecular weight excluding hydrogens is 320 g/mol. The summed E-state index contributed by atoms with van der Waals surface area (Å²) >= 11 is 0. The van der Waals surface area contributed by atoms with Crippen molar-refractivity contribution in [2.24, 2.45) is 0 Å². The zero-order chi connectivity index (χ0) is 17.0. The van der Waals surface area contributed by atoms with Gasteiger partial charge in [0.15, 0.2) is 5.75 Å². The molecule has 0 bridgehead atoms. The topological polar surface area (TPSA) is 78.9 Å². The van der Waals surface area contributed by atoms with E-state index >= 15 is 0 Å². The van der Waals surface area contributed by atoms with E-state index in [1.54, 1.807) is 12.1 Å². The molecule has 0 aromatic heterocycles. The molecule has 2 aromatic rings. The van der Waals surface area contributed by atoms with Gasteiger partial charge in [-0.15, -0.1) is 0 Å². The number of carbonyl (C=O) groups excluding carboxylic acids is 1. The van der Waals surface area contributed by atoms with Gasteiger partial charge in [0.25, 0.3) is 0 Å². The number of benzene rings is 2. The first-order chi connectivity index (χ1) is 10.9. The van der Waals surface area contributed by atoms with E-state index in [9.17, 15) is 13.2 Å². The molecule has 0 saturated carbocycles. The van der Waals surface area contributed by atoms with Gasteiger partial charge in [-0.3, -0.25) is 0 Å². The van der Waals surface area contributed by atoms with Crippen molar-refractivity contribution in [2.75, 3.05) is 14.2 Å². The highest BCUT2D eigenvalue weighted by atomic mass is 32.2. The Balaban J connectivity index is 2.44. The lowest BCUT2D eigenvalue weighted by Gasteiger charge is -2.12. The largest absolute Gasteiger partial charge is 0.497 e. The van der Waals surface area contributed by atoms with Crippen LogP contribution in [0.2, 0.25) is 0 Å². The summed E-state index contributed by atoms with van der Waals surface area (Å²) < 4.78 is 39.5. The van der Waals surface area contributed by atoms with Crippen molar-refractivity contribution in [1.82, 2.24) is 0 Å². The molecule has 0 N–H and O–H groups in total. The van der Waals surface area contributed by atoms with E-state index in [0.717, 1.165) is 5.56 Å². The zero-order valence-corrected chi connectivity index (χ0v) is 13.7. The Labute approximate surface area is 134 Å². The maximum atomic E-state index is 12.4. The van der Waals surface area contributed by atoms with E-state index < -0.39 is 16.1 Å². The van der Waals surface area contributed by atoms with Crippen LogP contribution >= 0.6 is 0 Å². The third-order valence-electron chi connectivity index (χ3n) is 3.10. The van der Waals surface area contributed by atoms with Crippen LogP contribution < -0.4 is 8.92 Å². The van der Waals surface area contributed by atoms with Gasteiger partial charge in [-0.2, -0.15) is 8.42 Å². The molecule has 0 fully saturated rings. The maximum Gasteiger partial charge on any atom is 0.341 e. The molecule has 0 saturated heterocycles. The van der Waals surface area contributed by atoms with Crippen LogP contribution in [-0.2, 0) is 14.9 Å². The SMILES string of the molecule is COC(=O)c1ccc(OC)cc1OS(=O)(=O)c1ccc(C)cc1. The van der Waals surface area contributed by atoms with Crippen molar-refractivity contribution < 1.29 is 26.9 Å². The first-order valence-corrected chi connectivity index (χ1v) is 8.05. The van der Waals surface area contributed by atoms with E-state index in [4.69, 9.17) is 8.92 Å². The van der Waals surface area contributed by atoms with Gasteiger partial charge < -0.3 is 13.7 Å². The van der Waals surface area contributed by atoms with Gasteiger partial charge in [-0.25, -0.2) is 4.79 Å². The highest BCUT2D eigenvalue weighted by molar-refractivity contribution is 7.87. The Morgan fingerprint density at radius 1 is 1.00 bits per heavy atom. The molecule has 0 aliphatic rings. The number of aryl methyl sites for hydroxylation is 1. The molecule has 0 spiro atoms. The van der Waals surface area contributed by atoms with Crippen molar-refractivity contribution in [3.63, 3.8) is 0 Å². The Morgan fingerprint density at radius 3 is 2.22 bits per heavy atom. The number of ether oxygens (including phenoxy) is 2. The van der Waals surface area contributed by atoms with Gasteiger partial charge in [0, 0.05) is 6.07 Å². The third-order valence-corrected chi connectivity index (χ3v) is 4.35. The average Bonchev–Trinajstić information content (AvgIpc) is 2.54. The van der Waals surface area contributed by atoms with Gasteiger partial charge in [-0.1, -0.05) is 17.7 Å². The number of hydrogen-bond acceptors (Lipinski definition) is 6. The maximum absolute atomic E-state index is 12.4. The molecule has 7 heteroatoms. The minimum absolute atomic E-state index is 0.0102. The van der Waals surface area contributed by atoms with E-state index in [1.807, 2.05) is 6.92 Å². The molecule has 6 nitrogen and oxygen atoms in total. The second-order valence-electron chi connectivity index (χ2n) is 4.70. The molecule has 0 unspecified atom stereocenters. The Morgan fingerprint density at radius 2 is 1.65 bits per heavy atom. The van der Waals surface area contributed by atoms with Crippen molar-refractivity contribution >= 4 is 16.1 Å². The molecule has 0 aliphatic carbocycles. The minimum atomic E-state index is -4.08. The van der Waals surface area contributed by atoms with Crippen molar-refractivity contribution in [3.8, 4) is 11.5 Å². The van der Waals surface area contributed by atoms with E-state index in [2.05, 4.69) is 4.74 Å². The predicted molar refractivity (Wildman–Crippen MR) is 83.3 cm³/mol. The molecular formula is C16H16O6S. The summed E-state index contributed by atoms with van der Waals surface area (Å²) in [5, 5.41) is 0. The molecule has 0 aliphatic heterocycles. The van der Waals surface area contributed by atoms with E-state index in [-0.39, 0.29) is 16.2 Å². The summed E-state index contributed by atoms with van der Waals surface area (Å²) in [6.45, 7) is 1.84. The van der Waals surface area contributed by atoms with Crippen LogP contribution in [0.25, 0.3) is 0 Å². The number of methoxy groups -OCH3 is 2. The molecule has 23 heavy (non-hydrogen) atoms.